The molecule has 0 bridgehead atoms. The van der Waals surface area contributed by atoms with E-state index in [0.717, 1.165) is 18.4 Å². The Hall–Kier alpha value is -0.610. The molecule has 2 atom stereocenters. The van der Waals surface area contributed by atoms with Gasteiger partial charge < -0.3 is 0 Å². The van der Waals surface area contributed by atoms with E-state index in [1.807, 2.05) is 0 Å². The zero-order valence-electron chi connectivity index (χ0n) is 9.98. The van der Waals surface area contributed by atoms with Crippen LogP contribution < -0.4 is 0 Å². The monoisotopic (exact) mass is 290 g/mol. The maximum Gasteiger partial charge on any atom is 0.154 e. The second-order valence-corrected chi connectivity index (χ2v) is 7.65. The van der Waals surface area contributed by atoms with Gasteiger partial charge in [0.25, 0.3) is 0 Å². The van der Waals surface area contributed by atoms with Crippen LogP contribution in [-0.4, -0.2) is 24.8 Å². The first kappa shape index (κ1) is 13.8. The zero-order chi connectivity index (χ0) is 13.2. The van der Waals surface area contributed by atoms with Crippen molar-refractivity contribution in [2.45, 2.75) is 36.3 Å². The summed E-state index contributed by atoms with van der Waals surface area (Å²) < 4.78 is 36.9. The van der Waals surface area contributed by atoms with Crippen molar-refractivity contribution >= 4 is 21.4 Å². The number of alkyl halides is 1. The highest BCUT2D eigenvalue weighted by Gasteiger charge is 2.34. The molecular formula is C13H16ClFO2S. The lowest BCUT2D eigenvalue weighted by molar-refractivity contribution is 0.529. The Bertz CT molecular complexity index is 515. The van der Waals surface area contributed by atoms with Gasteiger partial charge in [-0.3, -0.25) is 0 Å². The van der Waals surface area contributed by atoms with Crippen LogP contribution in [0.1, 0.15) is 24.8 Å². The number of hydrogen-bond donors (Lipinski definition) is 0. The molecule has 2 unspecified atom stereocenters. The third-order valence-corrected chi connectivity index (χ3v) is 6.30. The lowest BCUT2D eigenvalue weighted by Crippen LogP contribution is -2.36. The van der Waals surface area contributed by atoms with Crippen LogP contribution in [0.3, 0.4) is 0 Å². The van der Waals surface area contributed by atoms with Gasteiger partial charge >= 0.3 is 0 Å². The van der Waals surface area contributed by atoms with Crippen LogP contribution >= 0.6 is 11.6 Å². The van der Waals surface area contributed by atoms with Gasteiger partial charge in [-0.15, -0.1) is 11.6 Å². The van der Waals surface area contributed by atoms with E-state index in [1.165, 1.54) is 12.1 Å². The van der Waals surface area contributed by atoms with E-state index in [0.29, 0.717) is 12.8 Å². The van der Waals surface area contributed by atoms with E-state index in [9.17, 15) is 12.8 Å². The molecule has 1 aromatic rings. The van der Waals surface area contributed by atoms with Crippen LogP contribution in [0.15, 0.2) is 24.3 Å². The van der Waals surface area contributed by atoms with Crippen molar-refractivity contribution < 1.29 is 12.8 Å². The molecule has 1 aliphatic rings. The largest absolute Gasteiger partial charge is 0.228 e. The molecule has 0 amide bonds. The molecule has 0 N–H and O–H groups in total. The molecular weight excluding hydrogens is 275 g/mol. The highest BCUT2D eigenvalue weighted by atomic mass is 35.5. The van der Waals surface area contributed by atoms with Gasteiger partial charge in [0.15, 0.2) is 9.84 Å². The van der Waals surface area contributed by atoms with Crippen molar-refractivity contribution in [1.82, 2.24) is 0 Å². The molecule has 1 heterocycles. The van der Waals surface area contributed by atoms with Gasteiger partial charge in [0.1, 0.15) is 5.82 Å². The SMILES string of the molecule is O=S1(=O)CCCCC1C(Cl)Cc1cccc(F)c1. The lowest BCUT2D eigenvalue weighted by Gasteiger charge is -2.26. The fourth-order valence-corrected chi connectivity index (χ4v) is 5.16. The van der Waals surface area contributed by atoms with Gasteiger partial charge in [-0.25, -0.2) is 12.8 Å². The fraction of sp³-hybridized carbons (Fsp3) is 0.538. The number of halogens is 2. The first-order valence-corrected chi connectivity index (χ1v) is 8.24. The van der Waals surface area contributed by atoms with Crippen molar-refractivity contribution in [3.05, 3.63) is 35.6 Å². The minimum atomic E-state index is -3.08. The molecule has 5 heteroatoms. The van der Waals surface area contributed by atoms with Crippen molar-refractivity contribution in [2.24, 2.45) is 0 Å². The quantitative estimate of drug-likeness (QED) is 0.802. The first-order valence-electron chi connectivity index (χ1n) is 6.09. The Labute approximate surface area is 112 Å². The van der Waals surface area contributed by atoms with Crippen molar-refractivity contribution in [3.8, 4) is 0 Å². The molecule has 1 fully saturated rings. The van der Waals surface area contributed by atoms with Crippen molar-refractivity contribution in [1.29, 1.82) is 0 Å². The first-order chi connectivity index (χ1) is 8.49. The molecule has 18 heavy (non-hydrogen) atoms. The highest BCUT2D eigenvalue weighted by molar-refractivity contribution is 7.92. The number of hydrogen-bond acceptors (Lipinski definition) is 2. The summed E-state index contributed by atoms with van der Waals surface area (Å²) in [6.07, 6.45) is 2.63. The second kappa shape index (κ2) is 5.57. The van der Waals surface area contributed by atoms with Gasteiger partial charge in [-0.05, 0) is 37.0 Å². The molecule has 2 rings (SSSR count). The maximum atomic E-state index is 13.1. The van der Waals surface area contributed by atoms with E-state index in [4.69, 9.17) is 11.6 Å². The molecule has 1 aromatic carbocycles. The van der Waals surface area contributed by atoms with Crippen LogP contribution in [0.4, 0.5) is 4.39 Å². The Morgan fingerprint density at radius 3 is 2.83 bits per heavy atom. The Kier molecular flexibility index (Phi) is 4.28. The molecule has 1 aliphatic heterocycles. The summed E-state index contributed by atoms with van der Waals surface area (Å²) in [7, 11) is -3.08. The highest BCUT2D eigenvalue weighted by Crippen LogP contribution is 2.27. The van der Waals surface area contributed by atoms with Crippen LogP contribution in [-0.2, 0) is 16.3 Å². The molecule has 0 saturated carbocycles. The Balaban J connectivity index is 2.09. The third kappa shape index (κ3) is 3.23. The van der Waals surface area contributed by atoms with Crippen LogP contribution in [0.5, 0.6) is 0 Å². The summed E-state index contributed by atoms with van der Waals surface area (Å²) in [5.41, 5.74) is 0.746. The summed E-state index contributed by atoms with van der Waals surface area (Å²) in [6.45, 7) is 0. The summed E-state index contributed by atoms with van der Waals surface area (Å²) in [4.78, 5) is 0. The minimum Gasteiger partial charge on any atom is -0.228 e. The van der Waals surface area contributed by atoms with Crippen LogP contribution in [0.2, 0.25) is 0 Å². The second-order valence-electron chi connectivity index (χ2n) is 4.75. The van der Waals surface area contributed by atoms with E-state index in [2.05, 4.69) is 0 Å². The predicted molar refractivity (Wildman–Crippen MR) is 71.2 cm³/mol. The van der Waals surface area contributed by atoms with E-state index in [-0.39, 0.29) is 11.6 Å². The average molecular weight is 291 g/mol. The average Bonchev–Trinajstić information content (AvgIpc) is 2.28. The van der Waals surface area contributed by atoms with Crippen molar-refractivity contribution in [2.75, 3.05) is 5.75 Å². The lowest BCUT2D eigenvalue weighted by atomic mass is 10.0. The standard InChI is InChI=1S/C13H16ClFO2S/c14-12(9-10-4-3-5-11(15)8-10)13-6-1-2-7-18(13,16)17/h3-5,8,12-13H,1-2,6-7,9H2. The van der Waals surface area contributed by atoms with Gasteiger partial charge in [-0.2, -0.15) is 0 Å². The number of rotatable bonds is 3. The van der Waals surface area contributed by atoms with E-state index >= 15 is 0 Å². The van der Waals surface area contributed by atoms with Gasteiger partial charge in [-0.1, -0.05) is 18.6 Å². The smallest absolute Gasteiger partial charge is 0.154 e. The zero-order valence-corrected chi connectivity index (χ0v) is 11.6. The van der Waals surface area contributed by atoms with Crippen LogP contribution in [0.25, 0.3) is 0 Å². The van der Waals surface area contributed by atoms with Gasteiger partial charge in [0.05, 0.1) is 16.4 Å². The maximum absolute atomic E-state index is 13.1. The van der Waals surface area contributed by atoms with Crippen molar-refractivity contribution in [3.63, 3.8) is 0 Å². The predicted octanol–water partition coefficient (Wildman–Crippen LogP) is 2.94. The van der Waals surface area contributed by atoms with Crippen LogP contribution in [0, 0.1) is 5.82 Å². The molecule has 0 radical (unpaired) electrons. The summed E-state index contributed by atoms with van der Waals surface area (Å²) >= 11 is 6.23. The number of sulfone groups is 1. The Morgan fingerprint density at radius 2 is 2.17 bits per heavy atom. The molecule has 0 aromatic heterocycles. The summed E-state index contributed by atoms with van der Waals surface area (Å²) in [5.74, 6) is -0.0906. The molecule has 0 aliphatic carbocycles. The molecule has 1 saturated heterocycles. The van der Waals surface area contributed by atoms with E-state index in [1.54, 1.807) is 12.1 Å². The third-order valence-electron chi connectivity index (χ3n) is 3.35. The normalized spacial score (nSPS) is 24.7. The number of benzene rings is 1. The summed E-state index contributed by atoms with van der Waals surface area (Å²) in [6, 6.07) is 6.16. The molecule has 0 spiro atoms. The molecule has 2 nitrogen and oxygen atoms in total. The van der Waals surface area contributed by atoms with E-state index < -0.39 is 20.5 Å². The Morgan fingerprint density at radius 1 is 1.39 bits per heavy atom. The topological polar surface area (TPSA) is 34.1 Å². The van der Waals surface area contributed by atoms with Gasteiger partial charge in [0.2, 0.25) is 0 Å². The van der Waals surface area contributed by atoms with Gasteiger partial charge in [0, 0.05) is 0 Å². The summed E-state index contributed by atoms with van der Waals surface area (Å²) in [5, 5.41) is -0.965. The fourth-order valence-electron chi connectivity index (χ4n) is 2.41. The minimum absolute atomic E-state index is 0.226. The molecule has 100 valence electrons.